The number of benzene rings is 1. The Hall–Kier alpha value is -2.34. The number of hydrogen-bond donors (Lipinski definition) is 1. The summed E-state index contributed by atoms with van der Waals surface area (Å²) >= 11 is 1.64. The van der Waals surface area contributed by atoms with E-state index in [4.69, 9.17) is 4.74 Å². The first-order chi connectivity index (χ1) is 11.7. The molecule has 0 fully saturated rings. The number of rotatable bonds is 7. The molecule has 0 saturated heterocycles. The predicted molar refractivity (Wildman–Crippen MR) is 94.6 cm³/mol. The van der Waals surface area contributed by atoms with Crippen LogP contribution >= 0.6 is 11.3 Å². The standard InChI is InChI=1S/C18H20N2O3S/c21-17(7-6-14-8-11-24-13-14)19-9-3-10-20-15-4-1-2-5-16(15)23-12-18(20)22/h1-2,4-5,8,11,13H,3,6-7,9-10,12H2,(H,19,21). The van der Waals surface area contributed by atoms with E-state index in [1.165, 1.54) is 5.56 Å². The highest BCUT2D eigenvalue weighted by Crippen LogP contribution is 2.31. The van der Waals surface area contributed by atoms with Gasteiger partial charge in [-0.15, -0.1) is 0 Å². The maximum absolute atomic E-state index is 12.0. The van der Waals surface area contributed by atoms with Gasteiger partial charge in [-0.25, -0.2) is 0 Å². The van der Waals surface area contributed by atoms with E-state index in [0.29, 0.717) is 25.9 Å². The minimum Gasteiger partial charge on any atom is -0.482 e. The largest absolute Gasteiger partial charge is 0.482 e. The van der Waals surface area contributed by atoms with E-state index in [9.17, 15) is 9.59 Å². The van der Waals surface area contributed by atoms with Crippen LogP contribution in [0.15, 0.2) is 41.1 Å². The first kappa shape index (κ1) is 16.5. The molecule has 0 aliphatic carbocycles. The second kappa shape index (κ2) is 7.97. The Labute approximate surface area is 145 Å². The second-order valence-corrected chi connectivity index (χ2v) is 6.42. The molecule has 1 N–H and O–H groups in total. The summed E-state index contributed by atoms with van der Waals surface area (Å²) in [6.45, 7) is 1.21. The van der Waals surface area contributed by atoms with Crippen molar-refractivity contribution in [3.05, 3.63) is 46.7 Å². The molecule has 0 atom stereocenters. The maximum Gasteiger partial charge on any atom is 0.265 e. The molecule has 1 aliphatic heterocycles. The molecule has 1 aliphatic rings. The van der Waals surface area contributed by atoms with Crippen molar-refractivity contribution in [2.24, 2.45) is 0 Å². The van der Waals surface area contributed by atoms with Crippen molar-refractivity contribution in [3.63, 3.8) is 0 Å². The van der Waals surface area contributed by atoms with Gasteiger partial charge in [0.15, 0.2) is 6.61 Å². The molecule has 0 radical (unpaired) electrons. The van der Waals surface area contributed by atoms with Crippen LogP contribution in [-0.2, 0) is 16.0 Å². The summed E-state index contributed by atoms with van der Waals surface area (Å²) in [4.78, 5) is 25.6. The highest BCUT2D eigenvalue weighted by Gasteiger charge is 2.24. The number of thiophene rings is 1. The lowest BCUT2D eigenvalue weighted by atomic mass is 10.2. The Bertz CT molecular complexity index is 700. The molecular weight excluding hydrogens is 324 g/mol. The maximum atomic E-state index is 12.0. The lowest BCUT2D eigenvalue weighted by molar-refractivity contribution is -0.121. The molecule has 3 rings (SSSR count). The topological polar surface area (TPSA) is 58.6 Å². The van der Waals surface area contributed by atoms with E-state index in [1.807, 2.05) is 35.7 Å². The van der Waals surface area contributed by atoms with Crippen LogP contribution in [0.5, 0.6) is 5.75 Å². The summed E-state index contributed by atoms with van der Waals surface area (Å²) in [5, 5.41) is 7.00. The summed E-state index contributed by atoms with van der Waals surface area (Å²) < 4.78 is 5.42. The number of anilines is 1. The molecule has 0 spiro atoms. The molecule has 1 aromatic heterocycles. The van der Waals surface area contributed by atoms with Crippen molar-refractivity contribution < 1.29 is 14.3 Å². The zero-order valence-corrected chi connectivity index (χ0v) is 14.2. The van der Waals surface area contributed by atoms with Crippen LogP contribution in [0.4, 0.5) is 5.69 Å². The van der Waals surface area contributed by atoms with Gasteiger partial charge in [0.1, 0.15) is 5.75 Å². The fourth-order valence-electron chi connectivity index (χ4n) is 2.65. The summed E-state index contributed by atoms with van der Waals surface area (Å²) in [7, 11) is 0. The molecular formula is C18H20N2O3S. The Kier molecular flexibility index (Phi) is 5.48. The van der Waals surface area contributed by atoms with Gasteiger partial charge in [-0.2, -0.15) is 11.3 Å². The van der Waals surface area contributed by atoms with Gasteiger partial charge in [-0.05, 0) is 47.4 Å². The molecule has 1 aromatic carbocycles. The van der Waals surface area contributed by atoms with Crippen LogP contribution < -0.4 is 15.0 Å². The zero-order chi connectivity index (χ0) is 16.8. The number of nitrogens with zero attached hydrogens (tertiary/aromatic N) is 1. The fourth-order valence-corrected chi connectivity index (χ4v) is 3.35. The molecule has 126 valence electrons. The minimum absolute atomic E-state index is 0.0440. The molecule has 0 saturated carbocycles. The number of hydrogen-bond acceptors (Lipinski definition) is 4. The Balaban J connectivity index is 1.41. The van der Waals surface area contributed by atoms with Gasteiger partial charge in [0, 0.05) is 19.5 Å². The zero-order valence-electron chi connectivity index (χ0n) is 13.4. The Morgan fingerprint density at radius 2 is 2.17 bits per heavy atom. The second-order valence-electron chi connectivity index (χ2n) is 5.64. The number of nitrogens with one attached hydrogen (secondary N) is 1. The van der Waals surface area contributed by atoms with Crippen LogP contribution in [0.1, 0.15) is 18.4 Å². The quantitative estimate of drug-likeness (QED) is 0.786. The van der Waals surface area contributed by atoms with E-state index in [1.54, 1.807) is 16.2 Å². The first-order valence-corrected chi connectivity index (χ1v) is 8.98. The number of amides is 2. The van der Waals surface area contributed by atoms with Gasteiger partial charge in [-0.1, -0.05) is 12.1 Å². The SMILES string of the molecule is O=C(CCc1ccsc1)NCCCN1C(=O)COc2ccccc21. The van der Waals surface area contributed by atoms with Gasteiger partial charge in [0.2, 0.25) is 5.91 Å². The fraction of sp³-hybridized carbons (Fsp3) is 0.333. The van der Waals surface area contributed by atoms with Crippen LogP contribution in [0, 0.1) is 0 Å². The van der Waals surface area contributed by atoms with Crippen LogP contribution in [0.3, 0.4) is 0 Å². The molecule has 2 amide bonds. The summed E-state index contributed by atoms with van der Waals surface area (Å²) in [6, 6.07) is 9.56. The normalized spacial score (nSPS) is 13.3. The van der Waals surface area contributed by atoms with E-state index in [-0.39, 0.29) is 18.4 Å². The molecule has 0 bridgehead atoms. The predicted octanol–water partition coefficient (Wildman–Crippen LogP) is 2.61. The number of fused-ring (bicyclic) bond motifs is 1. The lowest BCUT2D eigenvalue weighted by Crippen LogP contribution is -2.40. The molecule has 5 nitrogen and oxygen atoms in total. The van der Waals surface area contributed by atoms with Crippen LogP contribution in [0.2, 0.25) is 0 Å². The van der Waals surface area contributed by atoms with Gasteiger partial charge in [-0.3, -0.25) is 9.59 Å². The van der Waals surface area contributed by atoms with E-state index in [0.717, 1.165) is 17.9 Å². The van der Waals surface area contributed by atoms with Gasteiger partial charge in [0.05, 0.1) is 5.69 Å². The number of aryl methyl sites for hydroxylation is 1. The third-order valence-electron chi connectivity index (χ3n) is 3.91. The third-order valence-corrected chi connectivity index (χ3v) is 4.64. The van der Waals surface area contributed by atoms with Crippen molar-refractivity contribution >= 4 is 28.8 Å². The average molecular weight is 344 g/mol. The molecule has 0 unspecified atom stereocenters. The molecule has 24 heavy (non-hydrogen) atoms. The molecule has 2 heterocycles. The monoisotopic (exact) mass is 344 g/mol. The summed E-state index contributed by atoms with van der Waals surface area (Å²) in [5.74, 6) is 0.740. The molecule has 6 heteroatoms. The highest BCUT2D eigenvalue weighted by atomic mass is 32.1. The van der Waals surface area contributed by atoms with Crippen molar-refractivity contribution in [2.45, 2.75) is 19.3 Å². The van der Waals surface area contributed by atoms with Crippen molar-refractivity contribution in [1.82, 2.24) is 5.32 Å². The first-order valence-electron chi connectivity index (χ1n) is 8.04. The van der Waals surface area contributed by atoms with Crippen LogP contribution in [-0.4, -0.2) is 31.5 Å². The van der Waals surface area contributed by atoms with E-state index >= 15 is 0 Å². The molecule has 2 aromatic rings. The number of carbonyl (C=O) groups is 2. The third kappa shape index (κ3) is 4.14. The lowest BCUT2D eigenvalue weighted by Gasteiger charge is -2.29. The van der Waals surface area contributed by atoms with Crippen molar-refractivity contribution in [2.75, 3.05) is 24.6 Å². The van der Waals surface area contributed by atoms with Crippen molar-refractivity contribution in [3.8, 4) is 5.75 Å². The summed E-state index contributed by atoms with van der Waals surface area (Å²) in [5.41, 5.74) is 2.00. The Morgan fingerprint density at radius 3 is 3.00 bits per heavy atom. The highest BCUT2D eigenvalue weighted by molar-refractivity contribution is 7.07. The smallest absolute Gasteiger partial charge is 0.265 e. The minimum atomic E-state index is -0.0440. The number of para-hydroxylation sites is 2. The van der Waals surface area contributed by atoms with E-state index < -0.39 is 0 Å². The van der Waals surface area contributed by atoms with Crippen LogP contribution in [0.25, 0.3) is 0 Å². The number of ether oxygens (including phenoxy) is 1. The Morgan fingerprint density at radius 1 is 1.29 bits per heavy atom. The van der Waals surface area contributed by atoms with Gasteiger partial charge < -0.3 is 15.0 Å². The average Bonchev–Trinajstić information content (AvgIpc) is 3.12. The number of carbonyl (C=O) groups excluding carboxylic acids is 2. The summed E-state index contributed by atoms with van der Waals surface area (Å²) in [6.07, 6.45) is 1.98. The van der Waals surface area contributed by atoms with E-state index in [2.05, 4.69) is 10.7 Å². The van der Waals surface area contributed by atoms with Gasteiger partial charge >= 0.3 is 0 Å². The van der Waals surface area contributed by atoms with Gasteiger partial charge in [0.25, 0.3) is 5.91 Å². The van der Waals surface area contributed by atoms with Crippen molar-refractivity contribution in [1.29, 1.82) is 0 Å².